The SMILES string of the molecule is CCS(=O)(=O)C[C@H]1CN(c2ccc(C(C)C)c3cc(Nc4ccnc(N5CC[C@@H](OC)C(O)C5)n4)ncc23)[C@@H]1C. The highest BCUT2D eigenvalue weighted by Crippen LogP contribution is 2.39. The van der Waals surface area contributed by atoms with Crippen LogP contribution >= 0.6 is 0 Å². The van der Waals surface area contributed by atoms with Crippen LogP contribution < -0.4 is 15.1 Å². The number of aliphatic hydroxyl groups is 1. The predicted molar refractivity (Wildman–Crippen MR) is 159 cm³/mol. The highest BCUT2D eigenvalue weighted by molar-refractivity contribution is 7.91. The van der Waals surface area contributed by atoms with Gasteiger partial charge in [0.1, 0.15) is 21.5 Å². The zero-order valence-corrected chi connectivity index (χ0v) is 24.7. The number of benzene rings is 1. The number of methoxy groups -OCH3 is 1. The molecule has 10 nitrogen and oxygen atoms in total. The molecule has 2 saturated heterocycles. The lowest BCUT2D eigenvalue weighted by atomic mass is 9.88. The largest absolute Gasteiger partial charge is 0.389 e. The van der Waals surface area contributed by atoms with E-state index < -0.39 is 15.9 Å². The van der Waals surface area contributed by atoms with Gasteiger partial charge in [0.2, 0.25) is 5.95 Å². The van der Waals surface area contributed by atoms with Crippen molar-refractivity contribution in [3.05, 3.63) is 42.2 Å². The molecular weight excluding hydrogens is 528 g/mol. The highest BCUT2D eigenvalue weighted by atomic mass is 32.2. The third-order valence-electron chi connectivity index (χ3n) is 8.36. The summed E-state index contributed by atoms with van der Waals surface area (Å²) in [5, 5.41) is 15.9. The number of rotatable bonds is 9. The first-order valence-corrected chi connectivity index (χ1v) is 15.9. The number of hydrogen-bond donors (Lipinski definition) is 2. The number of ether oxygens (including phenoxy) is 1. The van der Waals surface area contributed by atoms with Crippen LogP contribution in [0.15, 0.2) is 36.7 Å². The third-order valence-corrected chi connectivity index (χ3v) is 10.2. The van der Waals surface area contributed by atoms with E-state index in [2.05, 4.69) is 54.2 Å². The van der Waals surface area contributed by atoms with Gasteiger partial charge in [0.05, 0.1) is 18.0 Å². The van der Waals surface area contributed by atoms with Crippen LogP contribution in [0.3, 0.4) is 0 Å². The van der Waals surface area contributed by atoms with Crippen molar-refractivity contribution in [2.75, 3.05) is 53.4 Å². The van der Waals surface area contributed by atoms with Gasteiger partial charge < -0.3 is 25.0 Å². The maximum atomic E-state index is 12.2. The normalized spacial score (nSPS) is 23.5. The molecule has 4 atom stereocenters. The summed E-state index contributed by atoms with van der Waals surface area (Å²) in [5.74, 6) is 2.72. The molecule has 3 aromatic rings. The molecular formula is C29H40N6O4S. The van der Waals surface area contributed by atoms with E-state index in [1.54, 1.807) is 26.3 Å². The second kappa shape index (κ2) is 11.5. The molecule has 0 radical (unpaired) electrons. The molecule has 2 aliphatic heterocycles. The van der Waals surface area contributed by atoms with Gasteiger partial charge in [-0.2, -0.15) is 4.98 Å². The Labute approximate surface area is 236 Å². The second-order valence-corrected chi connectivity index (χ2v) is 13.6. The highest BCUT2D eigenvalue weighted by Gasteiger charge is 2.38. The molecule has 2 N–H and O–H groups in total. The summed E-state index contributed by atoms with van der Waals surface area (Å²) in [7, 11) is -1.39. The lowest BCUT2D eigenvalue weighted by molar-refractivity contribution is -0.0219. The number of pyridine rings is 1. The summed E-state index contributed by atoms with van der Waals surface area (Å²) >= 11 is 0. The molecule has 40 heavy (non-hydrogen) atoms. The van der Waals surface area contributed by atoms with E-state index in [9.17, 15) is 13.5 Å². The Morgan fingerprint density at radius 2 is 1.95 bits per heavy atom. The van der Waals surface area contributed by atoms with Crippen LogP contribution in [0.2, 0.25) is 0 Å². The minimum absolute atomic E-state index is 0.132. The van der Waals surface area contributed by atoms with Crippen molar-refractivity contribution in [1.29, 1.82) is 0 Å². The first kappa shape index (κ1) is 28.5. The minimum Gasteiger partial charge on any atom is -0.389 e. The summed E-state index contributed by atoms with van der Waals surface area (Å²) in [4.78, 5) is 18.1. The Morgan fingerprint density at radius 3 is 2.62 bits per heavy atom. The van der Waals surface area contributed by atoms with E-state index >= 15 is 0 Å². The second-order valence-electron chi connectivity index (χ2n) is 11.2. The zero-order chi connectivity index (χ0) is 28.6. The van der Waals surface area contributed by atoms with Crippen molar-refractivity contribution in [1.82, 2.24) is 15.0 Å². The van der Waals surface area contributed by atoms with Crippen molar-refractivity contribution in [3.63, 3.8) is 0 Å². The van der Waals surface area contributed by atoms with E-state index in [1.807, 2.05) is 11.1 Å². The first-order chi connectivity index (χ1) is 19.1. The summed E-state index contributed by atoms with van der Waals surface area (Å²) in [6, 6.07) is 8.32. The molecule has 2 aromatic heterocycles. The maximum absolute atomic E-state index is 12.2. The van der Waals surface area contributed by atoms with Crippen molar-refractivity contribution < 1.29 is 18.3 Å². The molecule has 0 bridgehead atoms. The monoisotopic (exact) mass is 568 g/mol. The fourth-order valence-electron chi connectivity index (χ4n) is 5.78. The van der Waals surface area contributed by atoms with Gasteiger partial charge in [0, 0.05) is 67.9 Å². The van der Waals surface area contributed by atoms with Gasteiger partial charge in [-0.1, -0.05) is 26.8 Å². The van der Waals surface area contributed by atoms with E-state index in [-0.39, 0.29) is 29.6 Å². The van der Waals surface area contributed by atoms with Gasteiger partial charge in [-0.25, -0.2) is 18.4 Å². The van der Waals surface area contributed by atoms with Crippen molar-refractivity contribution in [3.8, 4) is 0 Å². The van der Waals surface area contributed by atoms with Crippen LogP contribution in [0, 0.1) is 5.92 Å². The first-order valence-electron chi connectivity index (χ1n) is 14.1. The van der Waals surface area contributed by atoms with Gasteiger partial charge >= 0.3 is 0 Å². The number of hydrogen-bond acceptors (Lipinski definition) is 10. The summed E-state index contributed by atoms with van der Waals surface area (Å²) in [6.45, 7) is 10.0. The number of sulfone groups is 1. The van der Waals surface area contributed by atoms with Crippen LogP contribution in [-0.4, -0.2) is 85.0 Å². The van der Waals surface area contributed by atoms with Crippen molar-refractivity contribution >= 4 is 43.9 Å². The van der Waals surface area contributed by atoms with Gasteiger partial charge in [-0.15, -0.1) is 0 Å². The fourth-order valence-corrected chi connectivity index (χ4v) is 7.05. The van der Waals surface area contributed by atoms with Crippen LogP contribution in [0.4, 0.5) is 23.3 Å². The van der Waals surface area contributed by atoms with Crippen LogP contribution in [0.5, 0.6) is 0 Å². The Kier molecular flexibility index (Phi) is 8.17. The van der Waals surface area contributed by atoms with Gasteiger partial charge in [0.25, 0.3) is 0 Å². The molecule has 5 rings (SSSR count). The smallest absolute Gasteiger partial charge is 0.227 e. The molecule has 4 heterocycles. The number of nitrogens with zero attached hydrogens (tertiary/aromatic N) is 5. The Morgan fingerprint density at radius 1 is 1.15 bits per heavy atom. The van der Waals surface area contributed by atoms with Crippen LogP contribution in [-0.2, 0) is 14.6 Å². The van der Waals surface area contributed by atoms with E-state index in [4.69, 9.17) is 14.7 Å². The number of fused-ring (bicyclic) bond motifs is 1. The Balaban J connectivity index is 1.39. The lowest BCUT2D eigenvalue weighted by Crippen LogP contribution is -2.57. The topological polar surface area (TPSA) is 121 Å². The Hall–Kier alpha value is -3.02. The number of aliphatic hydroxyl groups excluding tert-OH is 1. The standard InChI is InChI=1S/C29H40N6O4S/c1-6-40(37,38)17-20-15-35(19(20)4)24-8-7-21(18(2)3)22-13-28(31-14-23(22)24)32-27-9-11-30-29(33-27)34-12-10-26(39-5)25(36)16-34/h7-9,11,13-14,18-20,25-26,36H,6,10,12,15-17H2,1-5H3,(H,30,31,32,33)/t19-,20-,25?,26-/m1/s1. The summed E-state index contributed by atoms with van der Waals surface area (Å²) in [6.07, 6.45) is 3.55. The van der Waals surface area contributed by atoms with Gasteiger partial charge in [-0.3, -0.25) is 0 Å². The van der Waals surface area contributed by atoms with E-state index in [0.717, 1.165) is 23.0 Å². The molecule has 11 heteroatoms. The third kappa shape index (κ3) is 5.73. The van der Waals surface area contributed by atoms with Crippen molar-refractivity contribution in [2.45, 2.75) is 58.3 Å². The molecule has 0 amide bonds. The number of piperidine rings is 1. The zero-order valence-electron chi connectivity index (χ0n) is 23.9. The number of anilines is 4. The minimum atomic E-state index is -3.01. The summed E-state index contributed by atoms with van der Waals surface area (Å²) < 4.78 is 29.8. The Bertz CT molecular complexity index is 1470. The molecule has 2 fully saturated rings. The number of nitrogens with one attached hydrogen (secondary N) is 1. The number of β-amino-alcohol motifs (C(OH)–C–C–N with tert-alkyl or cyclic N) is 1. The molecule has 1 aromatic carbocycles. The lowest BCUT2D eigenvalue weighted by Gasteiger charge is -2.48. The van der Waals surface area contributed by atoms with Crippen LogP contribution in [0.1, 0.15) is 45.6 Å². The quantitative estimate of drug-likeness (QED) is 0.395. The molecule has 2 aliphatic rings. The number of aromatic nitrogens is 3. The molecule has 1 unspecified atom stereocenters. The van der Waals surface area contributed by atoms with Gasteiger partial charge in [0.15, 0.2) is 0 Å². The average molecular weight is 569 g/mol. The molecule has 0 saturated carbocycles. The predicted octanol–water partition coefficient (Wildman–Crippen LogP) is 3.74. The van der Waals surface area contributed by atoms with E-state index in [1.165, 1.54) is 5.56 Å². The van der Waals surface area contributed by atoms with Crippen molar-refractivity contribution in [2.24, 2.45) is 5.92 Å². The molecule has 216 valence electrons. The summed E-state index contributed by atoms with van der Waals surface area (Å²) in [5.41, 5.74) is 2.30. The molecule has 0 aliphatic carbocycles. The average Bonchev–Trinajstić information content (AvgIpc) is 2.94. The maximum Gasteiger partial charge on any atom is 0.227 e. The molecule has 0 spiro atoms. The fraction of sp³-hybridized carbons (Fsp3) is 0.552. The van der Waals surface area contributed by atoms with Crippen LogP contribution in [0.25, 0.3) is 10.8 Å². The van der Waals surface area contributed by atoms with E-state index in [0.29, 0.717) is 43.0 Å². The van der Waals surface area contributed by atoms with Gasteiger partial charge in [-0.05, 0) is 48.4 Å².